The summed E-state index contributed by atoms with van der Waals surface area (Å²) in [5, 5.41) is 20.4. The Labute approximate surface area is 116 Å². The number of phenolic OH excluding ortho intramolecular Hbond substituents is 1. The van der Waals surface area contributed by atoms with E-state index in [0.29, 0.717) is 17.0 Å². The number of carbonyl (C=O) groups excluding carboxylic acids is 1. The summed E-state index contributed by atoms with van der Waals surface area (Å²) in [6.07, 6.45) is 0. The second-order valence-electron chi connectivity index (χ2n) is 4.02. The Morgan fingerprint density at radius 1 is 1.15 bits per heavy atom. The van der Waals surface area contributed by atoms with Crippen LogP contribution in [-0.2, 0) is 4.79 Å². The van der Waals surface area contributed by atoms with Gasteiger partial charge in [0, 0.05) is 5.69 Å². The van der Waals surface area contributed by atoms with Crippen LogP contribution < -0.4 is 10.1 Å². The minimum Gasteiger partial charge on any atom is -0.508 e. The first-order chi connectivity index (χ1) is 9.67. The third kappa shape index (κ3) is 3.75. The second-order valence-corrected chi connectivity index (χ2v) is 4.02. The molecular formula is C15H12N2O3. The average molecular weight is 268 g/mol. The van der Waals surface area contributed by atoms with Gasteiger partial charge in [-0.25, -0.2) is 0 Å². The van der Waals surface area contributed by atoms with Crippen LogP contribution in [0.2, 0.25) is 0 Å². The smallest absolute Gasteiger partial charge is 0.262 e. The number of rotatable bonds is 4. The van der Waals surface area contributed by atoms with Gasteiger partial charge in [0.15, 0.2) is 6.61 Å². The molecule has 0 saturated heterocycles. The summed E-state index contributed by atoms with van der Waals surface area (Å²) >= 11 is 0. The van der Waals surface area contributed by atoms with E-state index in [9.17, 15) is 4.79 Å². The molecule has 2 aromatic rings. The van der Waals surface area contributed by atoms with Crippen LogP contribution in [0.15, 0.2) is 48.5 Å². The van der Waals surface area contributed by atoms with Crippen molar-refractivity contribution in [1.29, 1.82) is 5.26 Å². The van der Waals surface area contributed by atoms with Crippen LogP contribution in [0, 0.1) is 11.3 Å². The maximum absolute atomic E-state index is 11.6. The third-order valence-electron chi connectivity index (χ3n) is 2.50. The van der Waals surface area contributed by atoms with Gasteiger partial charge in [-0.2, -0.15) is 5.26 Å². The summed E-state index contributed by atoms with van der Waals surface area (Å²) in [5.74, 6) is 0.349. The Kier molecular flexibility index (Phi) is 4.20. The monoisotopic (exact) mass is 268 g/mol. The normalized spacial score (nSPS) is 9.55. The zero-order valence-corrected chi connectivity index (χ0v) is 10.5. The van der Waals surface area contributed by atoms with E-state index in [1.54, 1.807) is 36.4 Å². The molecule has 20 heavy (non-hydrogen) atoms. The van der Waals surface area contributed by atoms with Crippen molar-refractivity contribution in [3.8, 4) is 17.6 Å². The van der Waals surface area contributed by atoms with Crippen molar-refractivity contribution in [1.82, 2.24) is 0 Å². The van der Waals surface area contributed by atoms with Gasteiger partial charge in [0.2, 0.25) is 0 Å². The van der Waals surface area contributed by atoms with Crippen LogP contribution in [0.1, 0.15) is 5.56 Å². The van der Waals surface area contributed by atoms with Crippen molar-refractivity contribution >= 4 is 11.6 Å². The molecule has 0 aromatic heterocycles. The lowest BCUT2D eigenvalue weighted by atomic mass is 10.2. The van der Waals surface area contributed by atoms with Crippen LogP contribution in [0.5, 0.6) is 11.5 Å². The summed E-state index contributed by atoms with van der Waals surface area (Å²) in [4.78, 5) is 11.6. The van der Waals surface area contributed by atoms with E-state index >= 15 is 0 Å². The fourth-order valence-electron chi connectivity index (χ4n) is 1.52. The Hall–Kier alpha value is -3.00. The average Bonchev–Trinajstić information content (AvgIpc) is 2.48. The zero-order valence-electron chi connectivity index (χ0n) is 10.5. The minimum absolute atomic E-state index is 0.132. The van der Waals surface area contributed by atoms with E-state index in [-0.39, 0.29) is 18.3 Å². The van der Waals surface area contributed by atoms with Gasteiger partial charge in [-0.1, -0.05) is 0 Å². The molecule has 0 heterocycles. The molecule has 5 nitrogen and oxygen atoms in total. The van der Waals surface area contributed by atoms with Crippen LogP contribution in [0.4, 0.5) is 5.69 Å². The van der Waals surface area contributed by atoms with E-state index in [4.69, 9.17) is 15.1 Å². The van der Waals surface area contributed by atoms with Crippen molar-refractivity contribution in [2.75, 3.05) is 11.9 Å². The van der Waals surface area contributed by atoms with Gasteiger partial charge in [0.05, 0.1) is 11.6 Å². The van der Waals surface area contributed by atoms with E-state index in [1.807, 2.05) is 6.07 Å². The van der Waals surface area contributed by atoms with E-state index < -0.39 is 0 Å². The predicted molar refractivity (Wildman–Crippen MR) is 73.4 cm³/mol. The lowest BCUT2D eigenvalue weighted by Gasteiger charge is -2.07. The van der Waals surface area contributed by atoms with Crippen molar-refractivity contribution < 1.29 is 14.6 Å². The standard InChI is InChI=1S/C15H12N2O3/c16-9-11-1-7-14(8-2-11)20-10-15(19)17-12-3-5-13(18)6-4-12/h1-8,18H,10H2,(H,17,19). The van der Waals surface area contributed by atoms with Crippen molar-refractivity contribution in [3.05, 3.63) is 54.1 Å². The molecule has 0 saturated carbocycles. The topological polar surface area (TPSA) is 82.3 Å². The number of phenols is 1. The van der Waals surface area contributed by atoms with Gasteiger partial charge < -0.3 is 15.2 Å². The number of aromatic hydroxyl groups is 1. The zero-order chi connectivity index (χ0) is 14.4. The van der Waals surface area contributed by atoms with Gasteiger partial charge in [0.1, 0.15) is 11.5 Å². The molecule has 0 fully saturated rings. The van der Waals surface area contributed by atoms with E-state index in [1.165, 1.54) is 12.1 Å². The molecule has 0 aliphatic rings. The Morgan fingerprint density at radius 2 is 1.80 bits per heavy atom. The summed E-state index contributed by atoms with van der Waals surface area (Å²) < 4.78 is 5.29. The number of nitriles is 1. The Morgan fingerprint density at radius 3 is 2.40 bits per heavy atom. The van der Waals surface area contributed by atoms with Gasteiger partial charge in [-0.05, 0) is 48.5 Å². The fraction of sp³-hybridized carbons (Fsp3) is 0.0667. The van der Waals surface area contributed by atoms with Crippen LogP contribution in [-0.4, -0.2) is 17.6 Å². The number of nitrogens with zero attached hydrogens (tertiary/aromatic N) is 1. The molecule has 2 aromatic carbocycles. The molecule has 0 spiro atoms. The number of ether oxygens (including phenoxy) is 1. The van der Waals surface area contributed by atoms with Crippen molar-refractivity contribution in [3.63, 3.8) is 0 Å². The number of amides is 1. The first-order valence-corrected chi connectivity index (χ1v) is 5.89. The Bertz CT molecular complexity index is 628. The van der Waals surface area contributed by atoms with Gasteiger partial charge in [-0.3, -0.25) is 4.79 Å². The molecular weight excluding hydrogens is 256 g/mol. The van der Waals surface area contributed by atoms with Crippen molar-refractivity contribution in [2.24, 2.45) is 0 Å². The Balaban J connectivity index is 1.85. The number of nitrogens with one attached hydrogen (secondary N) is 1. The highest BCUT2D eigenvalue weighted by molar-refractivity contribution is 5.91. The third-order valence-corrected chi connectivity index (χ3v) is 2.50. The number of carbonyl (C=O) groups is 1. The molecule has 1 amide bonds. The highest BCUT2D eigenvalue weighted by Gasteiger charge is 2.04. The second kappa shape index (κ2) is 6.25. The fourth-order valence-corrected chi connectivity index (χ4v) is 1.52. The molecule has 0 radical (unpaired) electrons. The molecule has 0 aliphatic carbocycles. The van der Waals surface area contributed by atoms with E-state index in [0.717, 1.165) is 0 Å². The first-order valence-electron chi connectivity index (χ1n) is 5.89. The summed E-state index contributed by atoms with van der Waals surface area (Å²) in [7, 11) is 0. The highest BCUT2D eigenvalue weighted by Crippen LogP contribution is 2.14. The summed E-state index contributed by atoms with van der Waals surface area (Å²) in [6, 6.07) is 14.7. The van der Waals surface area contributed by atoms with Crippen LogP contribution in [0.25, 0.3) is 0 Å². The maximum atomic E-state index is 11.6. The lowest BCUT2D eigenvalue weighted by Crippen LogP contribution is -2.20. The molecule has 2 N–H and O–H groups in total. The van der Waals surface area contributed by atoms with Crippen molar-refractivity contribution in [2.45, 2.75) is 0 Å². The maximum Gasteiger partial charge on any atom is 0.262 e. The number of anilines is 1. The van der Waals surface area contributed by atoms with Gasteiger partial charge in [-0.15, -0.1) is 0 Å². The number of benzene rings is 2. The summed E-state index contributed by atoms with van der Waals surface area (Å²) in [5.41, 5.74) is 1.11. The largest absolute Gasteiger partial charge is 0.508 e. The minimum atomic E-state index is -0.306. The van der Waals surface area contributed by atoms with Crippen LogP contribution in [0.3, 0.4) is 0 Å². The quantitative estimate of drug-likeness (QED) is 0.833. The highest BCUT2D eigenvalue weighted by atomic mass is 16.5. The molecule has 0 atom stereocenters. The predicted octanol–water partition coefficient (Wildman–Crippen LogP) is 2.28. The molecule has 0 bridgehead atoms. The van der Waals surface area contributed by atoms with Crippen LogP contribution >= 0.6 is 0 Å². The first kappa shape index (κ1) is 13.4. The van der Waals surface area contributed by atoms with Gasteiger partial charge in [0.25, 0.3) is 5.91 Å². The molecule has 5 heteroatoms. The molecule has 0 aliphatic heterocycles. The number of hydrogen-bond acceptors (Lipinski definition) is 4. The molecule has 2 rings (SSSR count). The lowest BCUT2D eigenvalue weighted by molar-refractivity contribution is -0.118. The van der Waals surface area contributed by atoms with E-state index in [2.05, 4.69) is 5.32 Å². The summed E-state index contributed by atoms with van der Waals surface area (Å²) in [6.45, 7) is -0.132. The van der Waals surface area contributed by atoms with Gasteiger partial charge >= 0.3 is 0 Å². The molecule has 100 valence electrons. The number of hydrogen-bond donors (Lipinski definition) is 2. The molecule has 0 unspecified atom stereocenters. The SMILES string of the molecule is N#Cc1ccc(OCC(=O)Nc2ccc(O)cc2)cc1.